The van der Waals surface area contributed by atoms with Gasteiger partial charge in [-0.15, -0.1) is 0 Å². The summed E-state index contributed by atoms with van der Waals surface area (Å²) in [4.78, 5) is 29.7. The van der Waals surface area contributed by atoms with Gasteiger partial charge in [0, 0.05) is 16.3 Å². The van der Waals surface area contributed by atoms with Crippen LogP contribution >= 0.6 is 11.6 Å². The molecule has 0 unspecified atom stereocenters. The van der Waals surface area contributed by atoms with E-state index in [-0.39, 0.29) is 24.9 Å². The van der Waals surface area contributed by atoms with E-state index in [0.717, 1.165) is 16.7 Å². The number of benzene rings is 3. The van der Waals surface area contributed by atoms with E-state index in [4.69, 9.17) is 11.6 Å². The van der Waals surface area contributed by atoms with Crippen LogP contribution in [0.15, 0.2) is 78.9 Å². The number of nitrogens with zero attached hydrogens (tertiary/aromatic N) is 2. The van der Waals surface area contributed by atoms with Gasteiger partial charge < -0.3 is 15.2 Å². The highest BCUT2D eigenvalue weighted by atomic mass is 35.5. The maximum atomic E-state index is 12.6. The van der Waals surface area contributed by atoms with Crippen molar-refractivity contribution in [3.63, 3.8) is 0 Å². The SMILES string of the molecule is O=C(Cn1c(CNC(=O)c2ccc(Cl)cc2)nc2ccccc21)Nc1ccccc1. The highest BCUT2D eigenvalue weighted by Crippen LogP contribution is 2.17. The van der Waals surface area contributed by atoms with Crippen molar-refractivity contribution >= 4 is 40.1 Å². The minimum Gasteiger partial charge on any atom is -0.345 e. The van der Waals surface area contributed by atoms with Crippen molar-refractivity contribution in [1.82, 2.24) is 14.9 Å². The molecule has 2 amide bonds. The Kier molecular flexibility index (Phi) is 5.77. The molecule has 0 saturated carbocycles. The molecule has 4 rings (SSSR count). The number of anilines is 1. The lowest BCUT2D eigenvalue weighted by atomic mass is 10.2. The fraction of sp³-hybridized carbons (Fsp3) is 0.0870. The Bertz CT molecular complexity index is 1190. The number of rotatable bonds is 6. The average molecular weight is 419 g/mol. The molecule has 2 N–H and O–H groups in total. The van der Waals surface area contributed by atoms with Crippen LogP contribution in [0, 0.1) is 0 Å². The number of carbonyl (C=O) groups excluding carboxylic acids is 2. The number of carbonyl (C=O) groups is 2. The third-order valence-corrected chi connectivity index (χ3v) is 4.86. The van der Waals surface area contributed by atoms with Crippen molar-refractivity contribution < 1.29 is 9.59 Å². The summed E-state index contributed by atoms with van der Waals surface area (Å²) in [5.41, 5.74) is 2.82. The molecule has 0 spiro atoms. The summed E-state index contributed by atoms with van der Waals surface area (Å²) in [5.74, 6) is 0.190. The molecule has 0 aliphatic carbocycles. The summed E-state index contributed by atoms with van der Waals surface area (Å²) in [6.45, 7) is 0.274. The Morgan fingerprint density at radius 3 is 2.37 bits per heavy atom. The van der Waals surface area contributed by atoms with Crippen LogP contribution in [0.25, 0.3) is 11.0 Å². The number of hydrogen-bond acceptors (Lipinski definition) is 3. The third-order valence-electron chi connectivity index (χ3n) is 4.61. The van der Waals surface area contributed by atoms with E-state index >= 15 is 0 Å². The van der Waals surface area contributed by atoms with E-state index in [1.54, 1.807) is 24.3 Å². The molecule has 0 aliphatic heterocycles. The lowest BCUT2D eigenvalue weighted by Gasteiger charge is -2.11. The van der Waals surface area contributed by atoms with Crippen molar-refractivity contribution in [3.8, 4) is 0 Å². The first-order valence-corrected chi connectivity index (χ1v) is 9.81. The van der Waals surface area contributed by atoms with Crippen LogP contribution in [0.5, 0.6) is 0 Å². The van der Waals surface area contributed by atoms with Gasteiger partial charge in [-0.25, -0.2) is 4.98 Å². The van der Waals surface area contributed by atoms with Crippen molar-refractivity contribution in [2.45, 2.75) is 13.1 Å². The van der Waals surface area contributed by atoms with E-state index < -0.39 is 0 Å². The minimum absolute atomic E-state index is 0.0849. The molecule has 30 heavy (non-hydrogen) atoms. The fourth-order valence-electron chi connectivity index (χ4n) is 3.17. The van der Waals surface area contributed by atoms with Gasteiger partial charge in [0.1, 0.15) is 12.4 Å². The van der Waals surface area contributed by atoms with Crippen molar-refractivity contribution in [1.29, 1.82) is 0 Å². The van der Waals surface area contributed by atoms with Gasteiger partial charge >= 0.3 is 0 Å². The maximum Gasteiger partial charge on any atom is 0.251 e. The van der Waals surface area contributed by atoms with Gasteiger partial charge in [0.05, 0.1) is 17.6 Å². The van der Waals surface area contributed by atoms with Gasteiger partial charge in [0.25, 0.3) is 5.91 Å². The zero-order valence-electron chi connectivity index (χ0n) is 16.0. The van der Waals surface area contributed by atoms with Crippen molar-refractivity contribution in [2.24, 2.45) is 0 Å². The smallest absolute Gasteiger partial charge is 0.251 e. The van der Waals surface area contributed by atoms with Crippen LogP contribution in [0.2, 0.25) is 5.02 Å². The van der Waals surface area contributed by atoms with Gasteiger partial charge in [-0.1, -0.05) is 41.9 Å². The van der Waals surface area contributed by atoms with E-state index in [1.807, 2.05) is 59.2 Å². The van der Waals surface area contributed by atoms with Gasteiger partial charge in [0.2, 0.25) is 5.91 Å². The van der Waals surface area contributed by atoms with Crippen LogP contribution in [0.3, 0.4) is 0 Å². The number of imidazole rings is 1. The Labute approximate surface area is 178 Å². The summed E-state index contributed by atoms with van der Waals surface area (Å²) in [6, 6.07) is 23.5. The standard InChI is InChI=1S/C23H19ClN4O2/c24-17-12-10-16(11-13-17)23(30)25-14-21-27-19-8-4-5-9-20(19)28(21)15-22(29)26-18-6-2-1-3-7-18/h1-13H,14-15H2,(H,25,30)(H,26,29). The Hall–Kier alpha value is -3.64. The quantitative estimate of drug-likeness (QED) is 0.491. The highest BCUT2D eigenvalue weighted by Gasteiger charge is 2.15. The maximum absolute atomic E-state index is 12.6. The van der Waals surface area contributed by atoms with E-state index in [1.165, 1.54) is 0 Å². The number of halogens is 1. The van der Waals surface area contributed by atoms with Crippen LogP contribution < -0.4 is 10.6 Å². The molecular weight excluding hydrogens is 400 g/mol. The first kappa shape index (κ1) is 19.7. The van der Waals surface area contributed by atoms with E-state index in [0.29, 0.717) is 16.4 Å². The molecule has 0 radical (unpaired) electrons. The molecule has 4 aromatic rings. The Morgan fingerprint density at radius 1 is 0.900 bits per heavy atom. The third kappa shape index (κ3) is 4.50. The van der Waals surface area contributed by atoms with Gasteiger partial charge in [0.15, 0.2) is 0 Å². The monoisotopic (exact) mass is 418 g/mol. The molecule has 1 heterocycles. The average Bonchev–Trinajstić information content (AvgIpc) is 3.10. The van der Waals surface area contributed by atoms with Crippen LogP contribution in [0.1, 0.15) is 16.2 Å². The summed E-state index contributed by atoms with van der Waals surface area (Å²) in [5, 5.41) is 6.31. The second-order valence-corrected chi connectivity index (χ2v) is 7.14. The zero-order valence-corrected chi connectivity index (χ0v) is 16.8. The van der Waals surface area contributed by atoms with E-state index in [2.05, 4.69) is 15.6 Å². The largest absolute Gasteiger partial charge is 0.345 e. The number of para-hydroxylation sites is 3. The molecule has 0 aliphatic rings. The number of nitrogens with one attached hydrogen (secondary N) is 2. The van der Waals surface area contributed by atoms with Gasteiger partial charge in [-0.05, 0) is 48.5 Å². The molecular formula is C23H19ClN4O2. The molecule has 0 bridgehead atoms. The number of hydrogen-bond donors (Lipinski definition) is 2. The molecule has 1 aromatic heterocycles. The molecule has 0 fully saturated rings. The number of fused-ring (bicyclic) bond motifs is 1. The molecule has 6 nitrogen and oxygen atoms in total. The van der Waals surface area contributed by atoms with Gasteiger partial charge in [-0.2, -0.15) is 0 Å². The van der Waals surface area contributed by atoms with Gasteiger partial charge in [-0.3, -0.25) is 9.59 Å². The molecule has 7 heteroatoms. The minimum atomic E-state index is -0.237. The fourth-order valence-corrected chi connectivity index (χ4v) is 3.29. The summed E-state index contributed by atoms with van der Waals surface area (Å²) in [6.07, 6.45) is 0. The molecule has 0 atom stereocenters. The molecule has 3 aromatic carbocycles. The lowest BCUT2D eigenvalue weighted by molar-refractivity contribution is -0.116. The second-order valence-electron chi connectivity index (χ2n) is 6.71. The number of aromatic nitrogens is 2. The second kappa shape index (κ2) is 8.80. The summed E-state index contributed by atoms with van der Waals surface area (Å²) < 4.78 is 1.82. The first-order valence-electron chi connectivity index (χ1n) is 9.43. The number of amides is 2. The Balaban J connectivity index is 1.53. The summed E-state index contributed by atoms with van der Waals surface area (Å²) >= 11 is 5.88. The zero-order chi connectivity index (χ0) is 20.9. The van der Waals surface area contributed by atoms with Crippen LogP contribution in [0.4, 0.5) is 5.69 Å². The van der Waals surface area contributed by atoms with Crippen LogP contribution in [-0.4, -0.2) is 21.4 Å². The topological polar surface area (TPSA) is 76.0 Å². The Morgan fingerprint density at radius 2 is 1.60 bits per heavy atom. The van der Waals surface area contributed by atoms with E-state index in [9.17, 15) is 9.59 Å². The van der Waals surface area contributed by atoms with Crippen LogP contribution in [-0.2, 0) is 17.9 Å². The predicted molar refractivity (Wildman–Crippen MR) is 117 cm³/mol. The molecule has 0 saturated heterocycles. The predicted octanol–water partition coefficient (Wildman–Crippen LogP) is 4.26. The molecule has 150 valence electrons. The van der Waals surface area contributed by atoms with Crippen molar-refractivity contribution in [2.75, 3.05) is 5.32 Å². The normalized spacial score (nSPS) is 10.7. The lowest BCUT2D eigenvalue weighted by Crippen LogP contribution is -2.26. The first-order chi connectivity index (χ1) is 14.6. The highest BCUT2D eigenvalue weighted by molar-refractivity contribution is 6.30. The van der Waals surface area contributed by atoms with Crippen molar-refractivity contribution in [3.05, 3.63) is 95.3 Å². The summed E-state index contributed by atoms with van der Waals surface area (Å²) in [7, 11) is 0.